The minimum Gasteiger partial charge on any atom is -0.497 e. The highest BCUT2D eigenvalue weighted by atomic mass is 32.1. The van der Waals surface area contributed by atoms with Crippen LogP contribution in [-0.4, -0.2) is 46.3 Å². The van der Waals surface area contributed by atoms with Crippen molar-refractivity contribution in [2.45, 2.75) is 13.8 Å². The Hall–Kier alpha value is -4.18. The maximum Gasteiger partial charge on any atom is 0.264 e. The maximum absolute atomic E-state index is 12.2. The van der Waals surface area contributed by atoms with Crippen molar-refractivity contribution in [3.05, 3.63) is 66.2 Å². The number of carbonyl (C=O) groups excluding carboxylic acids is 1. The number of rotatable bonds is 8. The molecule has 0 saturated carbocycles. The summed E-state index contributed by atoms with van der Waals surface area (Å²) < 4.78 is 16.1. The number of thiocarbonyl (C=S) groups is 1. The highest BCUT2D eigenvalue weighted by Crippen LogP contribution is 2.23. The first kappa shape index (κ1) is 24.0. The first-order valence-electron chi connectivity index (χ1n) is 10.9. The van der Waals surface area contributed by atoms with Crippen molar-refractivity contribution >= 4 is 40.0 Å². The monoisotopic (exact) mass is 491 g/mol. The van der Waals surface area contributed by atoms with Gasteiger partial charge in [0.25, 0.3) is 5.91 Å². The van der Waals surface area contributed by atoms with E-state index in [1.165, 1.54) is 0 Å². The predicted octanol–water partition coefficient (Wildman–Crippen LogP) is 4.03. The molecule has 0 aliphatic carbocycles. The van der Waals surface area contributed by atoms with Crippen LogP contribution in [0.1, 0.15) is 12.5 Å². The zero-order valence-corrected chi connectivity index (χ0v) is 20.4. The van der Waals surface area contributed by atoms with Crippen LogP contribution in [0.4, 0.5) is 5.69 Å². The Morgan fingerprint density at radius 3 is 2.20 bits per heavy atom. The zero-order valence-electron chi connectivity index (χ0n) is 19.6. The Morgan fingerprint density at radius 2 is 1.54 bits per heavy atom. The molecule has 0 bridgehead atoms. The number of nitrogens with one attached hydrogen (secondary N) is 2. The molecule has 3 aromatic carbocycles. The van der Waals surface area contributed by atoms with Crippen molar-refractivity contribution in [2.24, 2.45) is 0 Å². The lowest BCUT2D eigenvalue weighted by Crippen LogP contribution is -2.37. The van der Waals surface area contributed by atoms with Crippen LogP contribution < -0.4 is 24.8 Å². The molecule has 0 unspecified atom stereocenters. The van der Waals surface area contributed by atoms with Gasteiger partial charge in [-0.05, 0) is 92.3 Å². The number of carbonyl (C=O) groups is 1. The molecule has 1 amide bonds. The van der Waals surface area contributed by atoms with E-state index in [4.69, 9.17) is 26.4 Å². The summed E-state index contributed by atoms with van der Waals surface area (Å²) in [5, 5.41) is 15.0. The molecule has 9 nitrogen and oxygen atoms in total. The number of nitrogens with zero attached hydrogens (tertiary/aromatic N) is 3. The van der Waals surface area contributed by atoms with Gasteiger partial charge in [-0.2, -0.15) is 4.80 Å². The number of methoxy groups -OCH3 is 1. The number of hydrogen-bond donors (Lipinski definition) is 2. The SMILES string of the molecule is CCOc1ccc(-n2nc3cc(C)c(NC(=S)NC(=O)COc4ccc(OC)cc4)cc3n2)cc1. The number of aromatic nitrogens is 3. The first-order valence-corrected chi connectivity index (χ1v) is 11.3. The molecular formula is C25H25N5O4S. The molecule has 35 heavy (non-hydrogen) atoms. The van der Waals surface area contributed by atoms with Crippen LogP contribution in [0.15, 0.2) is 60.7 Å². The van der Waals surface area contributed by atoms with Gasteiger partial charge in [0.1, 0.15) is 28.3 Å². The van der Waals surface area contributed by atoms with E-state index in [1.807, 2.05) is 50.2 Å². The minimum absolute atomic E-state index is 0.162. The highest BCUT2D eigenvalue weighted by molar-refractivity contribution is 7.80. The number of anilines is 1. The highest BCUT2D eigenvalue weighted by Gasteiger charge is 2.11. The maximum atomic E-state index is 12.2. The number of benzene rings is 3. The molecule has 4 aromatic rings. The third-order valence-electron chi connectivity index (χ3n) is 5.04. The van der Waals surface area contributed by atoms with Crippen LogP contribution in [0, 0.1) is 6.92 Å². The molecule has 2 N–H and O–H groups in total. The fraction of sp³-hybridized carbons (Fsp3) is 0.200. The predicted molar refractivity (Wildman–Crippen MR) is 138 cm³/mol. The number of ether oxygens (including phenoxy) is 3. The van der Waals surface area contributed by atoms with Crippen molar-refractivity contribution in [3.63, 3.8) is 0 Å². The molecule has 0 atom stereocenters. The van der Waals surface area contributed by atoms with Gasteiger partial charge in [0.15, 0.2) is 11.7 Å². The summed E-state index contributed by atoms with van der Waals surface area (Å²) in [5.74, 6) is 1.68. The van der Waals surface area contributed by atoms with E-state index in [0.29, 0.717) is 23.6 Å². The van der Waals surface area contributed by atoms with E-state index in [-0.39, 0.29) is 17.6 Å². The normalized spacial score (nSPS) is 10.6. The molecular weight excluding hydrogens is 466 g/mol. The molecule has 0 saturated heterocycles. The summed E-state index contributed by atoms with van der Waals surface area (Å²) in [7, 11) is 1.58. The van der Waals surface area contributed by atoms with Crippen molar-refractivity contribution < 1.29 is 19.0 Å². The first-order chi connectivity index (χ1) is 16.9. The van der Waals surface area contributed by atoms with E-state index in [0.717, 1.165) is 28.2 Å². The number of amides is 1. The van der Waals surface area contributed by atoms with Gasteiger partial charge in [0, 0.05) is 5.69 Å². The Balaban J connectivity index is 1.38. The smallest absolute Gasteiger partial charge is 0.264 e. The van der Waals surface area contributed by atoms with Crippen molar-refractivity contribution in [1.29, 1.82) is 0 Å². The van der Waals surface area contributed by atoms with Gasteiger partial charge < -0.3 is 19.5 Å². The Morgan fingerprint density at radius 1 is 0.943 bits per heavy atom. The topological polar surface area (TPSA) is 99.5 Å². The summed E-state index contributed by atoms with van der Waals surface area (Å²) >= 11 is 5.31. The van der Waals surface area contributed by atoms with E-state index in [2.05, 4.69) is 20.8 Å². The third kappa shape index (κ3) is 6.04. The molecule has 4 rings (SSSR count). The lowest BCUT2D eigenvalue weighted by atomic mass is 10.2. The molecule has 0 spiro atoms. The second-order valence-electron chi connectivity index (χ2n) is 7.54. The number of aryl methyl sites for hydroxylation is 1. The van der Waals surface area contributed by atoms with Gasteiger partial charge in [0.2, 0.25) is 0 Å². The largest absolute Gasteiger partial charge is 0.497 e. The summed E-state index contributed by atoms with van der Waals surface area (Å²) in [6.45, 7) is 4.30. The van der Waals surface area contributed by atoms with E-state index in [1.54, 1.807) is 36.2 Å². The Bertz CT molecular complexity index is 1340. The Kier molecular flexibility index (Phi) is 7.41. The van der Waals surface area contributed by atoms with E-state index < -0.39 is 0 Å². The van der Waals surface area contributed by atoms with Crippen LogP contribution in [0.25, 0.3) is 16.7 Å². The van der Waals surface area contributed by atoms with Gasteiger partial charge in [0.05, 0.1) is 19.4 Å². The van der Waals surface area contributed by atoms with E-state index >= 15 is 0 Å². The van der Waals surface area contributed by atoms with Crippen molar-refractivity contribution in [2.75, 3.05) is 25.6 Å². The van der Waals surface area contributed by atoms with Gasteiger partial charge in [-0.3, -0.25) is 10.1 Å². The Labute approximate surface area is 208 Å². The second kappa shape index (κ2) is 10.8. The van der Waals surface area contributed by atoms with Gasteiger partial charge in [-0.15, -0.1) is 10.2 Å². The van der Waals surface area contributed by atoms with Gasteiger partial charge in [-0.1, -0.05) is 0 Å². The standard InChI is InChI=1S/C25H25N5O4S/c1-4-33-19-7-5-17(6-8-19)30-28-22-13-16(2)21(14-23(22)29-30)26-25(35)27-24(31)15-34-20-11-9-18(32-3)10-12-20/h5-14H,4,15H2,1-3H3,(H2,26,27,31,35). The average molecular weight is 492 g/mol. The molecule has 1 aromatic heterocycles. The van der Waals surface area contributed by atoms with Crippen molar-refractivity contribution in [1.82, 2.24) is 20.3 Å². The van der Waals surface area contributed by atoms with Crippen molar-refractivity contribution in [3.8, 4) is 22.9 Å². The molecule has 0 aliphatic heterocycles. The zero-order chi connectivity index (χ0) is 24.8. The fourth-order valence-corrected chi connectivity index (χ4v) is 3.52. The summed E-state index contributed by atoms with van der Waals surface area (Å²) in [4.78, 5) is 13.8. The third-order valence-corrected chi connectivity index (χ3v) is 5.24. The molecule has 1 heterocycles. The van der Waals surface area contributed by atoms with Crippen LogP contribution in [0.3, 0.4) is 0 Å². The lowest BCUT2D eigenvalue weighted by molar-refractivity contribution is -0.121. The fourth-order valence-electron chi connectivity index (χ4n) is 3.30. The lowest BCUT2D eigenvalue weighted by Gasteiger charge is -2.12. The molecule has 0 radical (unpaired) electrons. The number of fused-ring (bicyclic) bond motifs is 1. The molecule has 10 heteroatoms. The van der Waals surface area contributed by atoms with Crippen LogP contribution in [0.2, 0.25) is 0 Å². The van der Waals surface area contributed by atoms with Crippen LogP contribution in [0.5, 0.6) is 17.2 Å². The number of hydrogen-bond acceptors (Lipinski definition) is 7. The molecule has 0 aliphatic rings. The van der Waals surface area contributed by atoms with Crippen LogP contribution in [-0.2, 0) is 4.79 Å². The summed E-state index contributed by atoms with van der Waals surface area (Å²) in [6.07, 6.45) is 0. The van der Waals surface area contributed by atoms with Gasteiger partial charge in [-0.25, -0.2) is 0 Å². The van der Waals surface area contributed by atoms with Crippen LogP contribution >= 0.6 is 12.2 Å². The minimum atomic E-state index is -0.376. The molecule has 0 fully saturated rings. The van der Waals surface area contributed by atoms with Gasteiger partial charge >= 0.3 is 0 Å². The second-order valence-corrected chi connectivity index (χ2v) is 7.95. The molecule has 180 valence electrons. The average Bonchev–Trinajstić information content (AvgIpc) is 3.26. The van der Waals surface area contributed by atoms with E-state index in [9.17, 15) is 4.79 Å². The quantitative estimate of drug-likeness (QED) is 0.357. The summed E-state index contributed by atoms with van der Waals surface area (Å²) in [6, 6.07) is 18.3. The summed E-state index contributed by atoms with van der Waals surface area (Å²) in [5.41, 5.74) is 3.87.